The molecule has 3 N–H and O–H groups in total. The molecule has 0 saturated heterocycles. The lowest BCUT2D eigenvalue weighted by Gasteiger charge is -2.13. The van der Waals surface area contributed by atoms with Crippen LogP contribution in [0.3, 0.4) is 0 Å². The molecule has 0 radical (unpaired) electrons. The zero-order valence-corrected chi connectivity index (χ0v) is 11.1. The van der Waals surface area contributed by atoms with Gasteiger partial charge < -0.3 is 15.7 Å². The summed E-state index contributed by atoms with van der Waals surface area (Å²) in [6, 6.07) is -0.639. The average molecular weight is 326 g/mol. The van der Waals surface area contributed by atoms with Gasteiger partial charge in [-0.25, -0.2) is 22.0 Å². The van der Waals surface area contributed by atoms with E-state index in [1.165, 1.54) is 12.2 Å². The quantitative estimate of drug-likeness (QED) is 0.337. The largest absolute Gasteiger partial charge is 0.396 e. The van der Waals surface area contributed by atoms with Crippen molar-refractivity contribution in [2.75, 3.05) is 11.9 Å². The molecule has 10 heteroatoms. The Hall–Kier alpha value is -2.23. The van der Waals surface area contributed by atoms with E-state index < -0.39 is 52.6 Å². The van der Waals surface area contributed by atoms with Crippen molar-refractivity contribution in [2.24, 2.45) is 0 Å². The molecule has 0 aliphatic heterocycles. The highest BCUT2D eigenvalue weighted by Gasteiger charge is 2.28. The van der Waals surface area contributed by atoms with Crippen LogP contribution in [0.25, 0.3) is 0 Å². The van der Waals surface area contributed by atoms with Gasteiger partial charge in [0.1, 0.15) is 5.69 Å². The molecule has 1 atom stereocenters. The number of benzene rings is 1. The molecule has 0 aliphatic rings. The van der Waals surface area contributed by atoms with Gasteiger partial charge in [-0.05, 0) is 13.3 Å². The molecule has 0 spiro atoms. The second-order valence-electron chi connectivity index (χ2n) is 4.29. The van der Waals surface area contributed by atoms with Crippen molar-refractivity contribution in [3.05, 3.63) is 29.1 Å². The molecule has 22 heavy (non-hydrogen) atoms. The number of carbonyl (C=O) groups is 2. The predicted molar refractivity (Wildman–Crippen MR) is 64.2 cm³/mol. The van der Waals surface area contributed by atoms with Crippen LogP contribution in [-0.2, 0) is 9.59 Å². The number of anilines is 1. The SMILES string of the molecule is C[C@H](CCO)NC(=O)C(=O)Nc1c(F)c(F)c(F)c(F)c1F. The van der Waals surface area contributed by atoms with Gasteiger partial charge in [-0.3, -0.25) is 9.59 Å². The van der Waals surface area contributed by atoms with Gasteiger partial charge in [0.25, 0.3) is 0 Å². The summed E-state index contributed by atoms with van der Waals surface area (Å²) in [6.45, 7) is 1.14. The first-order chi connectivity index (χ1) is 10.2. The van der Waals surface area contributed by atoms with E-state index in [1.54, 1.807) is 0 Å². The molecule has 0 aliphatic carbocycles. The first kappa shape index (κ1) is 17.8. The fourth-order valence-corrected chi connectivity index (χ4v) is 1.44. The molecule has 122 valence electrons. The van der Waals surface area contributed by atoms with Crippen molar-refractivity contribution >= 4 is 17.5 Å². The zero-order chi connectivity index (χ0) is 17.0. The van der Waals surface area contributed by atoms with Crippen molar-refractivity contribution in [1.82, 2.24) is 5.32 Å². The molecule has 0 aromatic heterocycles. The Morgan fingerprint density at radius 3 is 1.86 bits per heavy atom. The topological polar surface area (TPSA) is 78.4 Å². The molecule has 1 aromatic rings. The molecular formula is C12H11F5N2O3. The highest BCUT2D eigenvalue weighted by Crippen LogP contribution is 2.26. The van der Waals surface area contributed by atoms with Gasteiger partial charge in [0.05, 0.1) is 0 Å². The fourth-order valence-electron chi connectivity index (χ4n) is 1.44. The smallest absolute Gasteiger partial charge is 0.313 e. The van der Waals surface area contributed by atoms with Gasteiger partial charge in [-0.2, -0.15) is 0 Å². The molecular weight excluding hydrogens is 315 g/mol. The van der Waals surface area contributed by atoms with Crippen molar-refractivity contribution in [1.29, 1.82) is 0 Å². The average Bonchev–Trinajstić information content (AvgIpc) is 2.47. The summed E-state index contributed by atoms with van der Waals surface area (Å²) in [7, 11) is 0. The van der Waals surface area contributed by atoms with Crippen LogP contribution in [0.4, 0.5) is 27.6 Å². The molecule has 1 aromatic carbocycles. The maximum Gasteiger partial charge on any atom is 0.313 e. The van der Waals surface area contributed by atoms with Crippen LogP contribution in [0.5, 0.6) is 0 Å². The summed E-state index contributed by atoms with van der Waals surface area (Å²) in [6.07, 6.45) is 0.0988. The van der Waals surface area contributed by atoms with E-state index in [9.17, 15) is 31.5 Å². The number of aliphatic hydroxyl groups is 1. The van der Waals surface area contributed by atoms with Crippen molar-refractivity contribution in [3.8, 4) is 0 Å². The monoisotopic (exact) mass is 326 g/mol. The zero-order valence-electron chi connectivity index (χ0n) is 11.1. The Balaban J connectivity index is 2.96. The number of amides is 2. The molecule has 0 unspecified atom stereocenters. The summed E-state index contributed by atoms with van der Waals surface area (Å²) in [4.78, 5) is 22.8. The van der Waals surface area contributed by atoms with Crippen LogP contribution in [0, 0.1) is 29.1 Å². The van der Waals surface area contributed by atoms with E-state index in [2.05, 4.69) is 5.32 Å². The van der Waals surface area contributed by atoms with E-state index >= 15 is 0 Å². The maximum absolute atomic E-state index is 13.3. The number of rotatable bonds is 4. The van der Waals surface area contributed by atoms with E-state index in [4.69, 9.17) is 5.11 Å². The van der Waals surface area contributed by atoms with E-state index in [-0.39, 0.29) is 13.0 Å². The minimum absolute atomic E-state index is 0.0988. The second kappa shape index (κ2) is 7.16. The third-order valence-corrected chi connectivity index (χ3v) is 2.59. The lowest BCUT2D eigenvalue weighted by atomic mass is 10.2. The summed E-state index contributed by atoms with van der Waals surface area (Å²) in [5, 5.41) is 12.0. The van der Waals surface area contributed by atoms with Gasteiger partial charge in [0.2, 0.25) is 5.82 Å². The third-order valence-electron chi connectivity index (χ3n) is 2.59. The van der Waals surface area contributed by atoms with Gasteiger partial charge in [-0.1, -0.05) is 0 Å². The standard InChI is InChI=1S/C12H11F5N2O3/c1-4(2-3-20)18-11(21)12(22)19-10-8(16)6(14)5(13)7(15)9(10)17/h4,20H,2-3H2,1H3,(H,18,21)(H,19,22)/t4-/m1/s1. The Morgan fingerprint density at radius 2 is 1.41 bits per heavy atom. The van der Waals surface area contributed by atoms with Crippen LogP contribution in [0.15, 0.2) is 0 Å². The van der Waals surface area contributed by atoms with Gasteiger partial charge in [-0.15, -0.1) is 0 Å². The van der Waals surface area contributed by atoms with E-state index in [0.29, 0.717) is 0 Å². The van der Waals surface area contributed by atoms with Crippen LogP contribution in [0.2, 0.25) is 0 Å². The summed E-state index contributed by atoms with van der Waals surface area (Å²) in [5.74, 6) is -14.4. The Bertz CT molecular complexity index is 580. The lowest BCUT2D eigenvalue weighted by molar-refractivity contribution is -0.136. The minimum atomic E-state index is -2.38. The number of carbonyl (C=O) groups excluding carboxylic acids is 2. The number of nitrogens with one attached hydrogen (secondary N) is 2. The lowest BCUT2D eigenvalue weighted by Crippen LogP contribution is -2.41. The predicted octanol–water partition coefficient (Wildman–Crippen LogP) is 1.21. The molecule has 0 saturated carbocycles. The fraction of sp³-hybridized carbons (Fsp3) is 0.333. The molecule has 0 fully saturated rings. The van der Waals surface area contributed by atoms with E-state index in [1.807, 2.05) is 0 Å². The van der Waals surface area contributed by atoms with Gasteiger partial charge >= 0.3 is 11.8 Å². The summed E-state index contributed by atoms with van der Waals surface area (Å²) in [5.41, 5.74) is -1.62. The molecule has 5 nitrogen and oxygen atoms in total. The molecule has 2 amide bonds. The van der Waals surface area contributed by atoms with Crippen LogP contribution in [-0.4, -0.2) is 29.6 Å². The van der Waals surface area contributed by atoms with Crippen LogP contribution in [0.1, 0.15) is 13.3 Å². The third kappa shape index (κ3) is 3.70. The van der Waals surface area contributed by atoms with Crippen molar-refractivity contribution < 1.29 is 36.6 Å². The normalized spacial score (nSPS) is 12.0. The van der Waals surface area contributed by atoms with Gasteiger partial charge in [0.15, 0.2) is 23.3 Å². The van der Waals surface area contributed by atoms with Crippen LogP contribution >= 0.6 is 0 Å². The highest BCUT2D eigenvalue weighted by atomic mass is 19.2. The summed E-state index contributed by atoms with van der Waals surface area (Å²) >= 11 is 0. The van der Waals surface area contributed by atoms with Crippen LogP contribution < -0.4 is 10.6 Å². The Morgan fingerprint density at radius 1 is 0.955 bits per heavy atom. The Kier molecular flexibility index (Phi) is 5.80. The van der Waals surface area contributed by atoms with Crippen molar-refractivity contribution in [2.45, 2.75) is 19.4 Å². The number of halogens is 5. The first-order valence-corrected chi connectivity index (χ1v) is 5.94. The summed E-state index contributed by atoms with van der Waals surface area (Å²) < 4.78 is 65.3. The second-order valence-corrected chi connectivity index (χ2v) is 4.29. The first-order valence-electron chi connectivity index (χ1n) is 5.94. The Labute approximate surface area is 121 Å². The van der Waals surface area contributed by atoms with Gasteiger partial charge in [0, 0.05) is 12.6 Å². The molecule has 0 bridgehead atoms. The molecule has 0 heterocycles. The highest BCUT2D eigenvalue weighted by molar-refractivity contribution is 6.39. The number of hydrogen-bond acceptors (Lipinski definition) is 3. The van der Waals surface area contributed by atoms with E-state index in [0.717, 1.165) is 0 Å². The van der Waals surface area contributed by atoms with Crippen molar-refractivity contribution in [3.63, 3.8) is 0 Å². The minimum Gasteiger partial charge on any atom is -0.396 e. The number of hydrogen-bond donors (Lipinski definition) is 3. The molecule has 1 rings (SSSR count). The number of aliphatic hydroxyl groups excluding tert-OH is 1. The maximum atomic E-state index is 13.3.